The number of carbonyl (C=O) groups excluding carboxylic acids is 2. The van der Waals surface area contributed by atoms with Crippen LogP contribution in [0, 0.1) is 0 Å². The first-order valence-electron chi connectivity index (χ1n) is 11.2. The zero-order valence-corrected chi connectivity index (χ0v) is 18.8. The molecule has 1 saturated heterocycles. The van der Waals surface area contributed by atoms with Gasteiger partial charge in [-0.3, -0.25) is 9.59 Å². The minimum atomic E-state index is -0.0489. The summed E-state index contributed by atoms with van der Waals surface area (Å²) >= 11 is 0. The molecule has 1 saturated carbocycles. The first kappa shape index (κ1) is 21.1. The van der Waals surface area contributed by atoms with Gasteiger partial charge in [-0.25, -0.2) is 14.6 Å². The highest BCUT2D eigenvalue weighted by atomic mass is 16.5. The summed E-state index contributed by atoms with van der Waals surface area (Å²) in [6.45, 7) is 3.71. The van der Waals surface area contributed by atoms with E-state index in [1.54, 1.807) is 40.9 Å². The van der Waals surface area contributed by atoms with Gasteiger partial charge in [0.05, 0.1) is 30.3 Å². The Hall–Kier alpha value is -3.75. The zero-order valence-electron chi connectivity index (χ0n) is 18.8. The van der Waals surface area contributed by atoms with Crippen molar-refractivity contribution < 1.29 is 14.3 Å². The Morgan fingerprint density at radius 3 is 2.45 bits per heavy atom. The van der Waals surface area contributed by atoms with E-state index in [2.05, 4.69) is 10.1 Å². The summed E-state index contributed by atoms with van der Waals surface area (Å²) in [4.78, 5) is 37.7. The monoisotopic (exact) mass is 446 g/mol. The van der Waals surface area contributed by atoms with Gasteiger partial charge in [-0.1, -0.05) is 12.1 Å². The van der Waals surface area contributed by atoms with Crippen LogP contribution in [0.25, 0.3) is 17.2 Å². The summed E-state index contributed by atoms with van der Waals surface area (Å²) in [5.41, 5.74) is 3.05. The smallest absolute Gasteiger partial charge is 0.257 e. The summed E-state index contributed by atoms with van der Waals surface area (Å²) in [7, 11) is 1.63. The van der Waals surface area contributed by atoms with Gasteiger partial charge in [-0.05, 0) is 31.0 Å². The van der Waals surface area contributed by atoms with Gasteiger partial charge in [0.15, 0.2) is 0 Å². The quantitative estimate of drug-likeness (QED) is 0.598. The molecule has 2 aromatic heterocycles. The number of hydrogen-bond acceptors (Lipinski definition) is 6. The Labute approximate surface area is 192 Å². The molecule has 2 aliphatic rings. The number of ether oxygens (including phenoxy) is 1. The molecule has 9 heteroatoms. The van der Waals surface area contributed by atoms with Crippen molar-refractivity contribution in [2.45, 2.75) is 25.7 Å². The minimum Gasteiger partial charge on any atom is -0.496 e. The molecular formula is C24H26N6O3. The molecule has 33 heavy (non-hydrogen) atoms. The SMILES string of the molecule is COc1ccccc1-c1ccnc(-n2ncc(C(=O)N3CCN(C(C)=O)CC3)c2C2CC2)n1. The second kappa shape index (κ2) is 8.65. The molecular weight excluding hydrogens is 420 g/mol. The summed E-state index contributed by atoms with van der Waals surface area (Å²) in [6.07, 6.45) is 5.35. The number of rotatable bonds is 5. The van der Waals surface area contributed by atoms with Gasteiger partial charge in [-0.15, -0.1) is 0 Å². The fourth-order valence-corrected chi connectivity index (χ4v) is 4.28. The maximum Gasteiger partial charge on any atom is 0.257 e. The fraction of sp³-hybridized carbons (Fsp3) is 0.375. The van der Waals surface area contributed by atoms with E-state index in [4.69, 9.17) is 9.72 Å². The van der Waals surface area contributed by atoms with Gasteiger partial charge in [-0.2, -0.15) is 5.10 Å². The number of methoxy groups -OCH3 is 1. The van der Waals surface area contributed by atoms with E-state index in [1.165, 1.54) is 0 Å². The molecule has 1 aromatic carbocycles. The van der Waals surface area contributed by atoms with Crippen LogP contribution in [0.3, 0.4) is 0 Å². The number of aromatic nitrogens is 4. The first-order chi connectivity index (χ1) is 16.1. The second-order valence-corrected chi connectivity index (χ2v) is 8.37. The lowest BCUT2D eigenvalue weighted by Crippen LogP contribution is -2.50. The topological polar surface area (TPSA) is 93.5 Å². The molecule has 3 heterocycles. The Morgan fingerprint density at radius 2 is 1.76 bits per heavy atom. The molecule has 170 valence electrons. The van der Waals surface area contributed by atoms with Crippen molar-refractivity contribution in [1.29, 1.82) is 0 Å². The van der Waals surface area contributed by atoms with Gasteiger partial charge >= 0.3 is 0 Å². The third kappa shape index (κ3) is 4.06. The molecule has 2 amide bonds. The maximum absolute atomic E-state index is 13.4. The lowest BCUT2D eigenvalue weighted by Gasteiger charge is -2.34. The van der Waals surface area contributed by atoms with Crippen LogP contribution < -0.4 is 4.74 Å². The van der Waals surface area contributed by atoms with Crippen molar-refractivity contribution >= 4 is 11.8 Å². The van der Waals surface area contributed by atoms with Gasteiger partial charge in [0.25, 0.3) is 11.9 Å². The molecule has 0 atom stereocenters. The molecule has 1 aliphatic heterocycles. The van der Waals surface area contributed by atoms with E-state index in [-0.39, 0.29) is 17.7 Å². The lowest BCUT2D eigenvalue weighted by atomic mass is 10.1. The molecule has 0 N–H and O–H groups in total. The number of carbonyl (C=O) groups is 2. The summed E-state index contributed by atoms with van der Waals surface area (Å²) in [6, 6.07) is 9.53. The minimum absolute atomic E-state index is 0.0423. The van der Waals surface area contributed by atoms with Crippen molar-refractivity contribution in [2.24, 2.45) is 0 Å². The van der Waals surface area contributed by atoms with Crippen LogP contribution in [0.2, 0.25) is 0 Å². The number of amides is 2. The Morgan fingerprint density at radius 1 is 1.03 bits per heavy atom. The predicted octanol–water partition coefficient (Wildman–Crippen LogP) is 2.52. The Kier molecular flexibility index (Phi) is 5.53. The third-order valence-corrected chi connectivity index (χ3v) is 6.23. The standard InChI is InChI=1S/C24H26N6O3/c1-16(31)28-11-13-29(14-12-28)23(32)19-15-26-30(22(19)17-7-8-17)24-25-10-9-20(27-24)18-5-3-4-6-21(18)33-2/h3-6,9-10,15,17H,7-8,11-14H2,1-2H3. The van der Waals surface area contributed by atoms with Crippen LogP contribution in [0.15, 0.2) is 42.7 Å². The van der Waals surface area contributed by atoms with Crippen LogP contribution in [0.4, 0.5) is 0 Å². The van der Waals surface area contributed by atoms with Crippen LogP contribution >= 0.6 is 0 Å². The highest BCUT2D eigenvalue weighted by Gasteiger charge is 2.35. The largest absolute Gasteiger partial charge is 0.496 e. The molecule has 2 fully saturated rings. The highest BCUT2D eigenvalue weighted by molar-refractivity contribution is 5.95. The van der Waals surface area contributed by atoms with E-state index in [1.807, 2.05) is 30.3 Å². The number of nitrogens with zero attached hydrogens (tertiary/aromatic N) is 6. The predicted molar refractivity (Wildman–Crippen MR) is 121 cm³/mol. The Bertz CT molecular complexity index is 1190. The molecule has 0 spiro atoms. The number of piperazine rings is 1. The normalized spacial score (nSPS) is 16.1. The average Bonchev–Trinajstić information content (AvgIpc) is 3.61. The van der Waals surface area contributed by atoms with E-state index in [0.717, 1.165) is 35.5 Å². The molecule has 3 aromatic rings. The average molecular weight is 447 g/mol. The van der Waals surface area contributed by atoms with E-state index < -0.39 is 0 Å². The fourth-order valence-electron chi connectivity index (χ4n) is 4.28. The summed E-state index contributed by atoms with van der Waals surface area (Å²) < 4.78 is 7.19. The molecule has 1 aliphatic carbocycles. The molecule has 0 radical (unpaired) electrons. The highest BCUT2D eigenvalue weighted by Crippen LogP contribution is 2.42. The molecule has 0 unspecified atom stereocenters. The van der Waals surface area contributed by atoms with Crippen LogP contribution in [-0.2, 0) is 4.79 Å². The molecule has 0 bridgehead atoms. The van der Waals surface area contributed by atoms with Crippen molar-refractivity contribution in [2.75, 3.05) is 33.3 Å². The number of hydrogen-bond donors (Lipinski definition) is 0. The first-order valence-corrected chi connectivity index (χ1v) is 11.2. The van der Waals surface area contributed by atoms with Crippen molar-refractivity contribution in [3.63, 3.8) is 0 Å². The molecule has 9 nitrogen and oxygen atoms in total. The van der Waals surface area contributed by atoms with Crippen molar-refractivity contribution in [1.82, 2.24) is 29.5 Å². The number of benzene rings is 1. The van der Waals surface area contributed by atoms with Crippen LogP contribution in [-0.4, -0.2) is 74.7 Å². The summed E-state index contributed by atoms with van der Waals surface area (Å²) in [5.74, 6) is 1.42. The van der Waals surface area contributed by atoms with E-state index in [9.17, 15) is 9.59 Å². The van der Waals surface area contributed by atoms with E-state index in [0.29, 0.717) is 37.7 Å². The maximum atomic E-state index is 13.4. The van der Waals surface area contributed by atoms with Gasteiger partial charge in [0.1, 0.15) is 5.75 Å². The van der Waals surface area contributed by atoms with Gasteiger partial charge < -0.3 is 14.5 Å². The Balaban J connectivity index is 1.46. The summed E-state index contributed by atoms with van der Waals surface area (Å²) in [5, 5.41) is 4.53. The van der Waals surface area contributed by atoms with Gasteiger partial charge in [0.2, 0.25) is 5.91 Å². The van der Waals surface area contributed by atoms with Crippen molar-refractivity contribution in [3.8, 4) is 23.0 Å². The van der Waals surface area contributed by atoms with Crippen LogP contribution in [0.5, 0.6) is 5.75 Å². The zero-order chi connectivity index (χ0) is 22.9. The second-order valence-electron chi connectivity index (χ2n) is 8.37. The van der Waals surface area contributed by atoms with Gasteiger partial charge in [0, 0.05) is 50.8 Å². The van der Waals surface area contributed by atoms with E-state index >= 15 is 0 Å². The van der Waals surface area contributed by atoms with Crippen molar-refractivity contribution in [3.05, 3.63) is 54.0 Å². The lowest BCUT2D eigenvalue weighted by molar-refractivity contribution is -0.130. The number of para-hydroxylation sites is 1. The van der Waals surface area contributed by atoms with Crippen LogP contribution in [0.1, 0.15) is 41.7 Å². The molecule has 5 rings (SSSR count). The third-order valence-electron chi connectivity index (χ3n) is 6.23.